The molecule has 0 bridgehead atoms. The van der Waals surface area contributed by atoms with Crippen LogP contribution in [-0.2, 0) is 26.3 Å². The lowest BCUT2D eigenvalue weighted by molar-refractivity contribution is -0.137. The van der Waals surface area contributed by atoms with Gasteiger partial charge in [-0.05, 0) is 36.4 Å². The fourth-order valence-corrected chi connectivity index (χ4v) is 3.57. The first-order valence-electron chi connectivity index (χ1n) is 6.28. The molecule has 0 atom stereocenters. The Labute approximate surface area is 152 Å². The summed E-state index contributed by atoms with van der Waals surface area (Å²) in [7, 11) is -9.36. The fraction of sp³-hybridized carbons (Fsp3) is 0.0769. The van der Waals surface area contributed by atoms with Crippen LogP contribution < -0.4 is 4.72 Å². The van der Waals surface area contributed by atoms with Gasteiger partial charge in [-0.15, -0.1) is 12.4 Å². The molecule has 26 heavy (non-hydrogen) atoms. The first-order chi connectivity index (χ1) is 11.3. The van der Waals surface area contributed by atoms with E-state index in [0.29, 0.717) is 18.2 Å². The molecule has 6 nitrogen and oxygen atoms in total. The number of sulfonamides is 1. The zero-order valence-electron chi connectivity index (χ0n) is 12.4. The van der Waals surface area contributed by atoms with Crippen LogP contribution in [0.15, 0.2) is 52.3 Å². The Bertz CT molecular complexity index is 1020. The van der Waals surface area contributed by atoms with Crippen LogP contribution in [0.5, 0.6) is 0 Å². The molecule has 0 aliphatic rings. The quantitative estimate of drug-likeness (QED) is 0.567. The van der Waals surface area contributed by atoms with E-state index in [1.165, 1.54) is 0 Å². The molecule has 0 amide bonds. The predicted octanol–water partition coefficient (Wildman–Crippen LogP) is 3.31. The maximum absolute atomic E-state index is 13.0. The van der Waals surface area contributed by atoms with E-state index in [9.17, 15) is 34.4 Å². The molecular formula is C13H10ClF4NO5S2. The Morgan fingerprint density at radius 1 is 0.923 bits per heavy atom. The summed E-state index contributed by atoms with van der Waals surface area (Å²) >= 11 is 0. The third-order valence-electron chi connectivity index (χ3n) is 2.94. The molecule has 13 heteroatoms. The monoisotopic (exact) mass is 435 g/mol. The first kappa shape index (κ1) is 22.2. The van der Waals surface area contributed by atoms with Gasteiger partial charge in [0.25, 0.3) is 20.1 Å². The third kappa shape index (κ3) is 5.06. The average Bonchev–Trinajstić information content (AvgIpc) is 2.47. The maximum atomic E-state index is 13.0. The summed E-state index contributed by atoms with van der Waals surface area (Å²) in [6.07, 6.45) is -5.03. The Balaban J connectivity index is 0.00000338. The minimum Gasteiger partial charge on any atom is -0.282 e. The standard InChI is InChI=1S/C13H9F4NO5S2.ClH/c14-8-4-5-12(11(6-8)13(15,16)17)18-24(19,20)9-2-1-3-10(7-9)25(21,22)23;/h1-7,18H,(H,21,22,23);1H. The zero-order valence-corrected chi connectivity index (χ0v) is 14.8. The molecule has 144 valence electrons. The summed E-state index contributed by atoms with van der Waals surface area (Å²) in [5.74, 6) is -1.22. The van der Waals surface area contributed by atoms with E-state index in [4.69, 9.17) is 4.55 Å². The summed E-state index contributed by atoms with van der Waals surface area (Å²) in [6.45, 7) is 0. The molecule has 0 saturated carbocycles. The third-order valence-corrected chi connectivity index (χ3v) is 5.16. The number of benzene rings is 2. The molecule has 2 N–H and O–H groups in total. The predicted molar refractivity (Wildman–Crippen MR) is 85.7 cm³/mol. The van der Waals surface area contributed by atoms with Crippen LogP contribution in [0.2, 0.25) is 0 Å². The minimum absolute atomic E-state index is 0. The molecule has 0 fully saturated rings. The van der Waals surface area contributed by atoms with Gasteiger partial charge in [0.05, 0.1) is 21.0 Å². The van der Waals surface area contributed by atoms with Crippen LogP contribution in [0.25, 0.3) is 0 Å². The molecule has 0 saturated heterocycles. The highest BCUT2D eigenvalue weighted by Crippen LogP contribution is 2.36. The van der Waals surface area contributed by atoms with E-state index in [2.05, 4.69) is 0 Å². The van der Waals surface area contributed by atoms with Gasteiger partial charge in [-0.1, -0.05) is 6.07 Å². The van der Waals surface area contributed by atoms with Gasteiger partial charge in [0.15, 0.2) is 0 Å². The van der Waals surface area contributed by atoms with Gasteiger partial charge in [-0.25, -0.2) is 12.8 Å². The Kier molecular flexibility index (Phi) is 6.29. The molecule has 2 aromatic rings. The number of halogens is 5. The van der Waals surface area contributed by atoms with E-state index >= 15 is 0 Å². The SMILES string of the molecule is Cl.O=S(=O)(O)c1cccc(S(=O)(=O)Nc2ccc(F)cc2C(F)(F)F)c1. The normalized spacial score (nSPS) is 12.3. The van der Waals surface area contributed by atoms with Gasteiger partial charge in [-0.2, -0.15) is 21.6 Å². The van der Waals surface area contributed by atoms with E-state index in [1.807, 2.05) is 0 Å². The Hall–Kier alpha value is -1.89. The molecule has 0 aromatic heterocycles. The van der Waals surface area contributed by atoms with Crippen LogP contribution in [0.1, 0.15) is 5.56 Å². The van der Waals surface area contributed by atoms with Gasteiger partial charge in [-0.3, -0.25) is 9.27 Å². The maximum Gasteiger partial charge on any atom is 0.418 e. The number of rotatable bonds is 4. The van der Waals surface area contributed by atoms with Crippen LogP contribution in [-0.4, -0.2) is 21.4 Å². The molecule has 0 heterocycles. The van der Waals surface area contributed by atoms with Crippen molar-refractivity contribution in [3.8, 4) is 0 Å². The van der Waals surface area contributed by atoms with Crippen LogP contribution in [0.3, 0.4) is 0 Å². The van der Waals surface area contributed by atoms with Crippen LogP contribution in [0, 0.1) is 5.82 Å². The highest BCUT2D eigenvalue weighted by molar-refractivity contribution is 7.92. The van der Waals surface area contributed by atoms with Crippen LogP contribution >= 0.6 is 12.4 Å². The summed E-state index contributed by atoms with van der Waals surface area (Å²) in [5.41, 5.74) is -2.49. The molecule has 0 aliphatic carbocycles. The van der Waals surface area contributed by atoms with Crippen molar-refractivity contribution in [2.24, 2.45) is 0 Å². The highest BCUT2D eigenvalue weighted by Gasteiger charge is 2.35. The highest BCUT2D eigenvalue weighted by atomic mass is 35.5. The zero-order chi connectivity index (χ0) is 19.0. The second-order valence-electron chi connectivity index (χ2n) is 4.74. The summed E-state index contributed by atoms with van der Waals surface area (Å²) in [6, 6.07) is 4.68. The van der Waals surface area contributed by atoms with Crippen molar-refractivity contribution in [3.63, 3.8) is 0 Å². The molecule has 0 spiro atoms. The number of alkyl halides is 3. The van der Waals surface area contributed by atoms with Gasteiger partial charge < -0.3 is 0 Å². The summed E-state index contributed by atoms with van der Waals surface area (Å²) in [5, 5.41) is 0. The second kappa shape index (κ2) is 7.39. The van der Waals surface area contributed by atoms with Crippen molar-refractivity contribution in [3.05, 3.63) is 53.8 Å². The Morgan fingerprint density at radius 3 is 2.04 bits per heavy atom. The lowest BCUT2D eigenvalue weighted by Gasteiger charge is -2.15. The van der Waals surface area contributed by atoms with Crippen LogP contribution in [0.4, 0.5) is 23.2 Å². The number of nitrogens with one attached hydrogen (secondary N) is 1. The fourth-order valence-electron chi connectivity index (χ4n) is 1.85. The van der Waals surface area contributed by atoms with E-state index in [1.54, 1.807) is 4.72 Å². The number of hydrogen-bond donors (Lipinski definition) is 2. The van der Waals surface area contributed by atoms with Crippen molar-refractivity contribution < 1.29 is 39.0 Å². The van der Waals surface area contributed by atoms with Crippen molar-refractivity contribution >= 4 is 38.2 Å². The molecule has 0 radical (unpaired) electrons. The number of anilines is 1. The van der Waals surface area contributed by atoms with Crippen molar-refractivity contribution in [2.45, 2.75) is 16.0 Å². The summed E-state index contributed by atoms with van der Waals surface area (Å²) < 4.78 is 109. The smallest absolute Gasteiger partial charge is 0.282 e. The summed E-state index contributed by atoms with van der Waals surface area (Å²) in [4.78, 5) is -1.47. The molecule has 0 unspecified atom stereocenters. The van der Waals surface area contributed by atoms with Crippen molar-refractivity contribution in [1.29, 1.82) is 0 Å². The van der Waals surface area contributed by atoms with Gasteiger partial charge in [0, 0.05) is 0 Å². The van der Waals surface area contributed by atoms with E-state index < -0.39 is 53.2 Å². The van der Waals surface area contributed by atoms with Crippen molar-refractivity contribution in [2.75, 3.05) is 4.72 Å². The molecule has 0 aliphatic heterocycles. The van der Waals surface area contributed by atoms with E-state index in [-0.39, 0.29) is 18.5 Å². The van der Waals surface area contributed by atoms with Gasteiger partial charge in [0.2, 0.25) is 0 Å². The topological polar surface area (TPSA) is 101 Å². The minimum atomic E-state index is -5.03. The van der Waals surface area contributed by atoms with Crippen molar-refractivity contribution in [1.82, 2.24) is 0 Å². The Morgan fingerprint density at radius 2 is 1.50 bits per heavy atom. The average molecular weight is 436 g/mol. The molecular weight excluding hydrogens is 426 g/mol. The molecule has 2 rings (SSSR count). The number of hydrogen-bond acceptors (Lipinski definition) is 4. The van der Waals surface area contributed by atoms with Gasteiger partial charge >= 0.3 is 6.18 Å². The van der Waals surface area contributed by atoms with E-state index in [0.717, 1.165) is 18.2 Å². The second-order valence-corrected chi connectivity index (χ2v) is 7.85. The molecule has 2 aromatic carbocycles. The lowest BCUT2D eigenvalue weighted by Crippen LogP contribution is -2.18. The largest absolute Gasteiger partial charge is 0.418 e. The lowest BCUT2D eigenvalue weighted by atomic mass is 10.2. The first-order valence-corrected chi connectivity index (χ1v) is 9.20. The van der Waals surface area contributed by atoms with Gasteiger partial charge in [0.1, 0.15) is 5.82 Å².